The first-order chi connectivity index (χ1) is 14.5. The molecule has 0 atom stereocenters. The van der Waals surface area contributed by atoms with E-state index in [4.69, 9.17) is 14.7 Å². The Morgan fingerprint density at radius 1 is 0.733 bits per heavy atom. The molecule has 1 fully saturated rings. The van der Waals surface area contributed by atoms with Gasteiger partial charge in [0, 0.05) is 24.5 Å². The van der Waals surface area contributed by atoms with Crippen LogP contribution < -0.4 is 15.5 Å². The Labute approximate surface area is 177 Å². The molecule has 2 N–H and O–H groups in total. The van der Waals surface area contributed by atoms with Crippen molar-refractivity contribution in [3.8, 4) is 0 Å². The minimum Gasteiger partial charge on any atom is -0.378 e. The second kappa shape index (κ2) is 8.67. The van der Waals surface area contributed by atoms with E-state index < -0.39 is 0 Å². The fourth-order valence-electron chi connectivity index (χ4n) is 3.36. The number of aryl methyl sites for hydroxylation is 4. The predicted octanol–water partition coefficient (Wildman–Crippen LogP) is 4.43. The summed E-state index contributed by atoms with van der Waals surface area (Å²) in [7, 11) is 0. The maximum Gasteiger partial charge on any atom is 0.233 e. The van der Waals surface area contributed by atoms with Crippen LogP contribution in [0.1, 0.15) is 22.3 Å². The molecule has 1 aliphatic rings. The standard InChI is InChI=1S/C23H28N6O/c1-15-5-7-17(3)19(13-15)24-21-26-22(25-20-14-16(2)6-8-18(20)4)28-23(27-21)29-9-11-30-12-10-29/h5-8,13-14H,9-12H2,1-4H3,(H2,24,25,26,27,28). The van der Waals surface area contributed by atoms with Gasteiger partial charge in [0.05, 0.1) is 13.2 Å². The fraction of sp³-hybridized carbons (Fsp3) is 0.348. The van der Waals surface area contributed by atoms with E-state index in [1.165, 1.54) is 11.1 Å². The predicted molar refractivity (Wildman–Crippen MR) is 121 cm³/mol. The summed E-state index contributed by atoms with van der Waals surface area (Å²) in [6, 6.07) is 12.6. The van der Waals surface area contributed by atoms with Gasteiger partial charge in [-0.3, -0.25) is 0 Å². The van der Waals surface area contributed by atoms with Crippen LogP contribution in [-0.2, 0) is 4.74 Å². The first-order valence-corrected chi connectivity index (χ1v) is 10.3. The van der Waals surface area contributed by atoms with Crippen molar-refractivity contribution < 1.29 is 4.74 Å². The van der Waals surface area contributed by atoms with Gasteiger partial charge in [-0.15, -0.1) is 0 Å². The number of benzene rings is 2. The monoisotopic (exact) mass is 404 g/mol. The average Bonchev–Trinajstić information content (AvgIpc) is 2.74. The molecule has 0 radical (unpaired) electrons. The summed E-state index contributed by atoms with van der Waals surface area (Å²) in [4.78, 5) is 16.2. The molecule has 0 bridgehead atoms. The summed E-state index contributed by atoms with van der Waals surface area (Å²) in [5.74, 6) is 1.69. The van der Waals surface area contributed by atoms with Crippen LogP contribution in [0.5, 0.6) is 0 Å². The number of hydrogen-bond acceptors (Lipinski definition) is 7. The highest BCUT2D eigenvalue weighted by Crippen LogP contribution is 2.25. The molecule has 7 nitrogen and oxygen atoms in total. The van der Waals surface area contributed by atoms with Gasteiger partial charge in [0.1, 0.15) is 0 Å². The first kappa shape index (κ1) is 20.1. The summed E-state index contributed by atoms with van der Waals surface area (Å²) in [6.07, 6.45) is 0. The lowest BCUT2D eigenvalue weighted by Gasteiger charge is -2.27. The van der Waals surface area contributed by atoms with Gasteiger partial charge >= 0.3 is 0 Å². The summed E-state index contributed by atoms with van der Waals surface area (Å²) >= 11 is 0. The summed E-state index contributed by atoms with van der Waals surface area (Å²) in [6.45, 7) is 11.2. The third-order valence-corrected chi connectivity index (χ3v) is 5.20. The Balaban J connectivity index is 1.70. The summed E-state index contributed by atoms with van der Waals surface area (Å²) in [5.41, 5.74) is 6.62. The highest BCUT2D eigenvalue weighted by atomic mass is 16.5. The van der Waals surface area contributed by atoms with Crippen molar-refractivity contribution in [3.63, 3.8) is 0 Å². The third-order valence-electron chi connectivity index (χ3n) is 5.20. The highest BCUT2D eigenvalue weighted by Gasteiger charge is 2.17. The molecular formula is C23H28N6O. The lowest BCUT2D eigenvalue weighted by atomic mass is 10.1. The molecule has 156 valence electrons. The smallest absolute Gasteiger partial charge is 0.233 e. The quantitative estimate of drug-likeness (QED) is 0.651. The van der Waals surface area contributed by atoms with Crippen LogP contribution >= 0.6 is 0 Å². The maximum atomic E-state index is 5.49. The Kier molecular flexibility index (Phi) is 5.81. The van der Waals surface area contributed by atoms with Gasteiger partial charge in [0.15, 0.2) is 0 Å². The van der Waals surface area contributed by atoms with E-state index in [0.29, 0.717) is 31.1 Å². The molecule has 0 saturated carbocycles. The fourth-order valence-corrected chi connectivity index (χ4v) is 3.36. The topological polar surface area (TPSA) is 75.2 Å². The number of morpholine rings is 1. The van der Waals surface area contributed by atoms with Crippen LogP contribution in [0.2, 0.25) is 0 Å². The minimum atomic E-state index is 0.521. The number of anilines is 5. The van der Waals surface area contributed by atoms with E-state index in [1.807, 2.05) is 0 Å². The van der Waals surface area contributed by atoms with E-state index >= 15 is 0 Å². The molecule has 4 rings (SSSR count). The van der Waals surface area contributed by atoms with Gasteiger partial charge in [0.25, 0.3) is 0 Å². The van der Waals surface area contributed by atoms with Gasteiger partial charge in [-0.25, -0.2) is 0 Å². The van der Waals surface area contributed by atoms with E-state index in [1.54, 1.807) is 0 Å². The third kappa shape index (κ3) is 4.68. The van der Waals surface area contributed by atoms with Gasteiger partial charge in [-0.2, -0.15) is 15.0 Å². The lowest BCUT2D eigenvalue weighted by Crippen LogP contribution is -2.37. The zero-order chi connectivity index (χ0) is 21.1. The number of hydrogen-bond donors (Lipinski definition) is 2. The average molecular weight is 405 g/mol. The molecule has 2 heterocycles. The van der Waals surface area contributed by atoms with Gasteiger partial charge in [-0.05, 0) is 62.1 Å². The Morgan fingerprint density at radius 2 is 1.23 bits per heavy atom. The Bertz CT molecular complexity index is 974. The summed E-state index contributed by atoms with van der Waals surface area (Å²) < 4.78 is 5.49. The molecule has 1 saturated heterocycles. The van der Waals surface area contributed by atoms with Crippen molar-refractivity contribution in [2.75, 3.05) is 41.8 Å². The molecule has 1 aliphatic heterocycles. The molecule has 1 aromatic heterocycles. The van der Waals surface area contributed by atoms with E-state index in [-0.39, 0.29) is 0 Å². The SMILES string of the molecule is Cc1ccc(C)c(Nc2nc(Nc3cc(C)ccc3C)nc(N3CCOCC3)n2)c1. The molecule has 0 unspecified atom stereocenters. The number of ether oxygens (including phenoxy) is 1. The Hall–Kier alpha value is -3.19. The molecule has 3 aromatic rings. The second-order valence-corrected chi connectivity index (χ2v) is 7.77. The molecule has 30 heavy (non-hydrogen) atoms. The van der Waals surface area contributed by atoms with E-state index in [9.17, 15) is 0 Å². The van der Waals surface area contributed by atoms with Crippen LogP contribution in [-0.4, -0.2) is 41.3 Å². The molecule has 0 spiro atoms. The largest absolute Gasteiger partial charge is 0.378 e. The van der Waals surface area contributed by atoms with Gasteiger partial charge < -0.3 is 20.3 Å². The van der Waals surface area contributed by atoms with Crippen molar-refractivity contribution >= 4 is 29.2 Å². The summed E-state index contributed by atoms with van der Waals surface area (Å²) in [5, 5.41) is 6.77. The second-order valence-electron chi connectivity index (χ2n) is 7.77. The zero-order valence-electron chi connectivity index (χ0n) is 18.0. The maximum absolute atomic E-state index is 5.49. The zero-order valence-corrected chi connectivity index (χ0v) is 18.0. The van der Waals surface area contributed by atoms with Crippen LogP contribution in [0.4, 0.5) is 29.2 Å². The van der Waals surface area contributed by atoms with Crippen LogP contribution in [0.15, 0.2) is 36.4 Å². The van der Waals surface area contributed by atoms with Crippen LogP contribution in [0, 0.1) is 27.7 Å². The van der Waals surface area contributed by atoms with E-state index in [2.05, 4.69) is 84.6 Å². The normalized spacial score (nSPS) is 13.9. The number of rotatable bonds is 5. The van der Waals surface area contributed by atoms with Crippen LogP contribution in [0.25, 0.3) is 0 Å². The van der Waals surface area contributed by atoms with Crippen molar-refractivity contribution in [1.29, 1.82) is 0 Å². The highest BCUT2D eigenvalue weighted by molar-refractivity contribution is 5.64. The van der Waals surface area contributed by atoms with Crippen molar-refractivity contribution in [2.24, 2.45) is 0 Å². The number of nitrogens with one attached hydrogen (secondary N) is 2. The van der Waals surface area contributed by atoms with Gasteiger partial charge in [-0.1, -0.05) is 24.3 Å². The van der Waals surface area contributed by atoms with Gasteiger partial charge in [0.2, 0.25) is 17.8 Å². The lowest BCUT2D eigenvalue weighted by molar-refractivity contribution is 0.122. The molecule has 7 heteroatoms. The number of aromatic nitrogens is 3. The molecule has 0 aliphatic carbocycles. The van der Waals surface area contributed by atoms with Crippen molar-refractivity contribution in [1.82, 2.24) is 15.0 Å². The van der Waals surface area contributed by atoms with Crippen LogP contribution in [0.3, 0.4) is 0 Å². The number of nitrogens with zero attached hydrogens (tertiary/aromatic N) is 4. The molecule has 2 aromatic carbocycles. The van der Waals surface area contributed by atoms with Crippen molar-refractivity contribution in [3.05, 3.63) is 58.7 Å². The first-order valence-electron chi connectivity index (χ1n) is 10.3. The minimum absolute atomic E-state index is 0.521. The molecule has 0 amide bonds. The Morgan fingerprint density at radius 3 is 1.73 bits per heavy atom. The van der Waals surface area contributed by atoms with E-state index in [0.717, 1.165) is 35.6 Å². The molecular weight excluding hydrogens is 376 g/mol. The van der Waals surface area contributed by atoms with Crippen molar-refractivity contribution in [2.45, 2.75) is 27.7 Å².